The van der Waals surface area contributed by atoms with Gasteiger partial charge in [0.2, 0.25) is 0 Å². The van der Waals surface area contributed by atoms with Crippen molar-refractivity contribution in [2.75, 3.05) is 5.32 Å². The van der Waals surface area contributed by atoms with E-state index in [1.165, 1.54) is 15.2 Å². The number of hydrogen-bond acceptors (Lipinski definition) is 5. The van der Waals surface area contributed by atoms with Crippen LogP contribution in [0.1, 0.15) is 43.9 Å². The third-order valence-electron chi connectivity index (χ3n) is 7.68. The molecule has 0 spiro atoms. The maximum atomic E-state index is 15.1. The van der Waals surface area contributed by atoms with Crippen LogP contribution in [0.3, 0.4) is 0 Å². The first-order valence-corrected chi connectivity index (χ1v) is 13.9. The zero-order chi connectivity index (χ0) is 30.2. The van der Waals surface area contributed by atoms with Gasteiger partial charge in [-0.1, -0.05) is 37.6 Å². The van der Waals surface area contributed by atoms with Crippen molar-refractivity contribution in [2.24, 2.45) is 7.05 Å². The third-order valence-corrected chi connectivity index (χ3v) is 7.68. The van der Waals surface area contributed by atoms with E-state index in [-0.39, 0.29) is 10.9 Å². The molecule has 0 radical (unpaired) electrons. The van der Waals surface area contributed by atoms with Crippen LogP contribution in [0, 0.1) is 12.7 Å². The zero-order valence-electron chi connectivity index (χ0n) is 24.4. The molecule has 5 rings (SSSR count). The number of benzene rings is 2. The van der Waals surface area contributed by atoms with E-state index in [1.807, 2.05) is 52.0 Å². The Labute approximate surface area is 243 Å². The smallest absolute Gasteiger partial charge is 0.274 e. The monoisotopic (exact) mass is 564 g/mol. The summed E-state index contributed by atoms with van der Waals surface area (Å²) in [6.45, 7) is 7.55. The predicted molar refractivity (Wildman–Crippen MR) is 166 cm³/mol. The molecule has 0 saturated heterocycles. The van der Waals surface area contributed by atoms with Crippen molar-refractivity contribution < 1.29 is 9.18 Å². The number of hydrogen-bond donors (Lipinski definition) is 1. The Morgan fingerprint density at radius 3 is 2.52 bits per heavy atom. The van der Waals surface area contributed by atoms with Crippen molar-refractivity contribution >= 4 is 28.6 Å². The number of aldehydes is 1. The first kappa shape index (κ1) is 28.7. The zero-order valence-corrected chi connectivity index (χ0v) is 24.4. The maximum absolute atomic E-state index is 15.1. The molecule has 5 aromatic rings. The lowest BCUT2D eigenvalue weighted by Gasteiger charge is -2.18. The van der Waals surface area contributed by atoms with Crippen LogP contribution in [-0.2, 0) is 23.7 Å². The van der Waals surface area contributed by atoms with Gasteiger partial charge >= 0.3 is 0 Å². The Morgan fingerprint density at radius 1 is 1.05 bits per heavy atom. The molecule has 0 bridgehead atoms. The third kappa shape index (κ3) is 5.28. The number of pyridine rings is 3. The van der Waals surface area contributed by atoms with E-state index in [4.69, 9.17) is 0 Å². The highest BCUT2D eigenvalue weighted by atomic mass is 19.1. The summed E-state index contributed by atoms with van der Waals surface area (Å²) in [4.78, 5) is 42.3. The Bertz CT molecular complexity index is 1940. The Kier molecular flexibility index (Phi) is 7.65. The number of rotatable bonds is 8. The van der Waals surface area contributed by atoms with Crippen molar-refractivity contribution in [1.82, 2.24) is 14.1 Å². The molecule has 0 atom stereocenters. The highest BCUT2D eigenvalue weighted by Crippen LogP contribution is 2.30. The van der Waals surface area contributed by atoms with Gasteiger partial charge in [0, 0.05) is 36.6 Å². The lowest BCUT2D eigenvalue weighted by molar-refractivity contribution is -0.111. The number of carbonyl (C=O) groups excluding carboxylic acids is 1. The standard InChI is InChI=1S/C34H33FN4O3/c1-6-8-22-15-23-13-14-39(33(42)31(23)27(35)16-22)29-10-7-9-26(21(29)2)24-17-28(32(41)38(5)19-24)37-30-12-11-25(18-36-30)34(3,4)20-40/h7,9-20H,6,8H2,1-5H3,(H,36,37). The lowest BCUT2D eigenvalue weighted by atomic mass is 9.88. The lowest BCUT2D eigenvalue weighted by Crippen LogP contribution is -2.21. The van der Waals surface area contributed by atoms with Crippen molar-refractivity contribution in [1.29, 1.82) is 0 Å². The molecular formula is C34H33FN4O3. The SMILES string of the molecule is CCCc1cc(F)c2c(=O)n(-c3cccc(-c4cc(Nc5ccc(C(C)(C)C=O)cn5)c(=O)n(C)c4)c3C)ccc2c1. The second kappa shape index (κ2) is 11.2. The largest absolute Gasteiger partial charge is 0.336 e. The molecule has 0 amide bonds. The molecule has 0 aliphatic carbocycles. The van der Waals surface area contributed by atoms with Gasteiger partial charge in [-0.2, -0.15) is 0 Å². The van der Waals surface area contributed by atoms with Gasteiger partial charge in [0.25, 0.3) is 11.1 Å². The second-order valence-corrected chi connectivity index (χ2v) is 11.2. The Hall–Kier alpha value is -4.85. The normalized spacial score (nSPS) is 11.6. The fourth-order valence-corrected chi connectivity index (χ4v) is 5.21. The number of fused-ring (bicyclic) bond motifs is 1. The number of aromatic nitrogens is 3. The highest BCUT2D eigenvalue weighted by molar-refractivity contribution is 5.83. The Balaban J connectivity index is 1.55. The number of aryl methyl sites for hydroxylation is 2. The molecule has 0 aliphatic heterocycles. The van der Waals surface area contributed by atoms with Gasteiger partial charge in [-0.3, -0.25) is 14.2 Å². The van der Waals surface area contributed by atoms with Crippen LogP contribution < -0.4 is 16.4 Å². The molecule has 7 nitrogen and oxygen atoms in total. The highest BCUT2D eigenvalue weighted by Gasteiger charge is 2.20. The predicted octanol–water partition coefficient (Wildman–Crippen LogP) is 6.37. The van der Waals surface area contributed by atoms with E-state index in [2.05, 4.69) is 10.3 Å². The van der Waals surface area contributed by atoms with Crippen LogP contribution in [0.4, 0.5) is 15.9 Å². The molecule has 0 fully saturated rings. The van der Waals surface area contributed by atoms with Crippen molar-refractivity contribution in [3.63, 3.8) is 0 Å². The van der Waals surface area contributed by atoms with E-state index in [0.29, 0.717) is 22.6 Å². The average molecular weight is 565 g/mol. The number of anilines is 2. The molecule has 0 saturated carbocycles. The van der Waals surface area contributed by atoms with E-state index >= 15 is 4.39 Å². The molecule has 3 aromatic heterocycles. The first-order valence-electron chi connectivity index (χ1n) is 13.9. The first-order chi connectivity index (χ1) is 20.0. The van der Waals surface area contributed by atoms with E-state index < -0.39 is 16.8 Å². The second-order valence-electron chi connectivity index (χ2n) is 11.2. The molecule has 42 heavy (non-hydrogen) atoms. The number of carbonyl (C=O) groups is 1. The summed E-state index contributed by atoms with van der Waals surface area (Å²) in [5.74, 6) is -0.0544. The topological polar surface area (TPSA) is 86.0 Å². The van der Waals surface area contributed by atoms with Crippen LogP contribution in [-0.4, -0.2) is 20.4 Å². The van der Waals surface area contributed by atoms with E-state index in [0.717, 1.165) is 46.9 Å². The van der Waals surface area contributed by atoms with Crippen LogP contribution in [0.5, 0.6) is 0 Å². The van der Waals surface area contributed by atoms with Gasteiger partial charge in [0.1, 0.15) is 23.6 Å². The molecule has 1 N–H and O–H groups in total. The van der Waals surface area contributed by atoms with Gasteiger partial charge in [0.05, 0.1) is 11.1 Å². The van der Waals surface area contributed by atoms with Crippen LogP contribution in [0.15, 0.2) is 82.8 Å². The summed E-state index contributed by atoms with van der Waals surface area (Å²) in [5.41, 5.74) is 3.60. The number of halogens is 1. The summed E-state index contributed by atoms with van der Waals surface area (Å²) in [6.07, 6.45) is 7.54. The van der Waals surface area contributed by atoms with Gasteiger partial charge in [-0.15, -0.1) is 0 Å². The maximum Gasteiger partial charge on any atom is 0.274 e. The number of nitrogens with zero attached hydrogens (tertiary/aromatic N) is 3. The summed E-state index contributed by atoms with van der Waals surface area (Å²) >= 11 is 0. The van der Waals surface area contributed by atoms with Gasteiger partial charge in [0.15, 0.2) is 0 Å². The van der Waals surface area contributed by atoms with Gasteiger partial charge in [-0.25, -0.2) is 9.37 Å². The minimum Gasteiger partial charge on any atom is -0.336 e. The molecular weight excluding hydrogens is 531 g/mol. The van der Waals surface area contributed by atoms with Crippen molar-refractivity contribution in [3.05, 3.63) is 116 Å². The van der Waals surface area contributed by atoms with Crippen molar-refractivity contribution in [2.45, 2.75) is 46.0 Å². The van der Waals surface area contributed by atoms with Crippen LogP contribution in [0.25, 0.3) is 27.6 Å². The fraction of sp³-hybridized carbons (Fsp3) is 0.235. The number of nitrogens with one attached hydrogen (secondary N) is 1. The molecule has 2 aromatic carbocycles. The summed E-state index contributed by atoms with van der Waals surface area (Å²) in [5, 5.41) is 3.75. The summed E-state index contributed by atoms with van der Waals surface area (Å²) < 4.78 is 18.1. The summed E-state index contributed by atoms with van der Waals surface area (Å²) in [7, 11) is 1.67. The summed E-state index contributed by atoms with van der Waals surface area (Å²) in [6, 6.07) is 16.0. The Morgan fingerprint density at radius 2 is 1.83 bits per heavy atom. The van der Waals surface area contributed by atoms with Crippen LogP contribution in [0.2, 0.25) is 0 Å². The molecule has 0 unspecified atom stereocenters. The molecule has 0 aliphatic rings. The molecule has 8 heteroatoms. The quantitative estimate of drug-likeness (QED) is 0.221. The van der Waals surface area contributed by atoms with E-state index in [9.17, 15) is 14.4 Å². The minimum atomic E-state index is -0.666. The van der Waals surface area contributed by atoms with Crippen LogP contribution >= 0.6 is 0 Å². The fourth-order valence-electron chi connectivity index (χ4n) is 5.21. The average Bonchev–Trinajstić information content (AvgIpc) is 2.96. The van der Waals surface area contributed by atoms with Crippen molar-refractivity contribution in [3.8, 4) is 16.8 Å². The van der Waals surface area contributed by atoms with Gasteiger partial charge in [-0.05, 0) is 85.2 Å². The molecule has 214 valence electrons. The van der Waals surface area contributed by atoms with E-state index in [1.54, 1.807) is 49.9 Å². The van der Waals surface area contributed by atoms with Gasteiger partial charge < -0.3 is 14.7 Å². The minimum absolute atomic E-state index is 0.0609. The molecule has 3 heterocycles.